The quantitative estimate of drug-likeness (QED) is 0.402. The standard InChI is InChI=1S/C24H28N6O.ClH/c1-23(2)11-18(12-24(3,4)29-23)30-8-7-16-9-20(27-28-22(16)30)19-6-5-15(10-21(19)31)17-13-25-26-14-17;/h5-10,13-14,18,29,31H,11-12H2,1-4H3,(H,25,26);1H. The fourth-order valence-electron chi connectivity index (χ4n) is 5.18. The van der Waals surface area contributed by atoms with Gasteiger partial charge in [-0.1, -0.05) is 6.07 Å². The van der Waals surface area contributed by atoms with Gasteiger partial charge in [-0.25, -0.2) is 0 Å². The Labute approximate surface area is 193 Å². The molecule has 0 amide bonds. The monoisotopic (exact) mass is 452 g/mol. The van der Waals surface area contributed by atoms with E-state index in [-0.39, 0.29) is 29.2 Å². The lowest BCUT2D eigenvalue weighted by molar-refractivity contribution is 0.134. The van der Waals surface area contributed by atoms with E-state index < -0.39 is 0 Å². The molecule has 0 aliphatic carbocycles. The first-order chi connectivity index (χ1) is 14.7. The van der Waals surface area contributed by atoms with Gasteiger partial charge in [0.05, 0.1) is 11.9 Å². The van der Waals surface area contributed by atoms with Crippen molar-refractivity contribution in [3.05, 3.63) is 48.9 Å². The maximum Gasteiger partial charge on any atom is 0.162 e. The van der Waals surface area contributed by atoms with Gasteiger partial charge < -0.3 is 15.0 Å². The van der Waals surface area contributed by atoms with Gasteiger partial charge in [0.15, 0.2) is 5.65 Å². The lowest BCUT2D eigenvalue weighted by Crippen LogP contribution is -2.57. The van der Waals surface area contributed by atoms with Crippen LogP contribution in [0.5, 0.6) is 5.75 Å². The highest BCUT2D eigenvalue weighted by atomic mass is 35.5. The molecule has 0 unspecified atom stereocenters. The van der Waals surface area contributed by atoms with E-state index >= 15 is 0 Å². The van der Waals surface area contributed by atoms with Crippen LogP contribution in [0.2, 0.25) is 0 Å². The van der Waals surface area contributed by atoms with E-state index in [2.05, 4.69) is 70.2 Å². The number of hydrogen-bond donors (Lipinski definition) is 3. The van der Waals surface area contributed by atoms with Crippen LogP contribution in [0.15, 0.2) is 48.9 Å². The number of benzene rings is 1. The molecule has 1 aliphatic heterocycles. The van der Waals surface area contributed by atoms with E-state index in [0.717, 1.165) is 35.0 Å². The molecular formula is C24H29ClN6O. The molecule has 32 heavy (non-hydrogen) atoms. The molecule has 3 N–H and O–H groups in total. The molecular weight excluding hydrogens is 424 g/mol. The number of nitrogens with one attached hydrogen (secondary N) is 2. The van der Waals surface area contributed by atoms with Gasteiger partial charge in [-0.2, -0.15) is 5.10 Å². The summed E-state index contributed by atoms with van der Waals surface area (Å²) >= 11 is 0. The van der Waals surface area contributed by atoms with Gasteiger partial charge >= 0.3 is 0 Å². The molecule has 1 saturated heterocycles. The smallest absolute Gasteiger partial charge is 0.162 e. The summed E-state index contributed by atoms with van der Waals surface area (Å²) in [5.41, 5.74) is 4.14. The molecule has 3 aromatic heterocycles. The molecule has 0 atom stereocenters. The van der Waals surface area contributed by atoms with Gasteiger partial charge in [-0.3, -0.25) is 5.10 Å². The van der Waals surface area contributed by atoms with E-state index in [9.17, 15) is 5.11 Å². The Balaban J connectivity index is 0.00000245. The van der Waals surface area contributed by atoms with E-state index in [1.165, 1.54) is 0 Å². The third-order valence-electron chi connectivity index (χ3n) is 6.13. The first-order valence-electron chi connectivity index (χ1n) is 10.7. The number of aromatic amines is 1. The van der Waals surface area contributed by atoms with Gasteiger partial charge in [-0.15, -0.1) is 22.6 Å². The Morgan fingerprint density at radius 3 is 2.41 bits per heavy atom. The fraction of sp³-hybridized carbons (Fsp3) is 0.375. The number of halogens is 1. The predicted molar refractivity (Wildman–Crippen MR) is 129 cm³/mol. The number of aromatic nitrogens is 5. The Morgan fingerprint density at radius 1 is 1.00 bits per heavy atom. The SMILES string of the molecule is CC1(C)CC(n2ccc3cc(-c4ccc(-c5cn[nH]c5)cc4O)nnc32)CC(C)(C)N1.Cl. The Hall–Kier alpha value is -2.90. The van der Waals surface area contributed by atoms with E-state index in [4.69, 9.17) is 0 Å². The summed E-state index contributed by atoms with van der Waals surface area (Å²) in [7, 11) is 0. The maximum absolute atomic E-state index is 10.6. The molecule has 1 fully saturated rings. The highest BCUT2D eigenvalue weighted by Gasteiger charge is 2.38. The van der Waals surface area contributed by atoms with E-state index in [1.54, 1.807) is 18.5 Å². The van der Waals surface area contributed by atoms with Crippen molar-refractivity contribution >= 4 is 23.4 Å². The van der Waals surface area contributed by atoms with Gasteiger partial charge in [0.2, 0.25) is 0 Å². The van der Waals surface area contributed by atoms with Crippen LogP contribution >= 0.6 is 12.4 Å². The predicted octanol–water partition coefficient (Wildman–Crippen LogP) is 5.10. The summed E-state index contributed by atoms with van der Waals surface area (Å²) in [5, 5.41) is 31.2. The molecule has 8 heteroatoms. The van der Waals surface area contributed by atoms with Crippen LogP contribution in [0.1, 0.15) is 46.6 Å². The maximum atomic E-state index is 10.6. The van der Waals surface area contributed by atoms with Crippen LogP contribution in [0.4, 0.5) is 0 Å². The van der Waals surface area contributed by atoms with E-state index in [1.807, 2.05) is 18.2 Å². The van der Waals surface area contributed by atoms with Crippen LogP contribution in [0.25, 0.3) is 33.4 Å². The van der Waals surface area contributed by atoms with Crippen LogP contribution in [0.3, 0.4) is 0 Å². The molecule has 4 heterocycles. The summed E-state index contributed by atoms with van der Waals surface area (Å²) in [5.74, 6) is 0.175. The molecule has 0 saturated carbocycles. The van der Waals surface area contributed by atoms with E-state index in [0.29, 0.717) is 17.3 Å². The van der Waals surface area contributed by atoms with Gasteiger partial charge in [0.1, 0.15) is 5.75 Å². The molecule has 5 rings (SSSR count). The van der Waals surface area contributed by atoms with Crippen molar-refractivity contribution in [3.8, 4) is 28.1 Å². The second-order valence-corrected chi connectivity index (χ2v) is 9.91. The van der Waals surface area contributed by atoms with Crippen molar-refractivity contribution in [3.63, 3.8) is 0 Å². The topological polar surface area (TPSA) is 91.7 Å². The molecule has 1 aromatic carbocycles. The summed E-state index contributed by atoms with van der Waals surface area (Å²) in [6, 6.07) is 10.0. The van der Waals surface area contributed by atoms with Crippen molar-refractivity contribution in [1.29, 1.82) is 0 Å². The average molecular weight is 453 g/mol. The largest absolute Gasteiger partial charge is 0.507 e. The van der Waals surface area contributed by atoms with Crippen LogP contribution in [-0.4, -0.2) is 41.1 Å². The molecule has 1 aliphatic rings. The second-order valence-electron chi connectivity index (χ2n) is 9.91. The molecule has 0 bridgehead atoms. The Kier molecular flexibility index (Phi) is 5.51. The Bertz CT molecular complexity index is 1230. The highest BCUT2D eigenvalue weighted by molar-refractivity contribution is 5.85. The van der Waals surface area contributed by atoms with Gasteiger partial charge in [-0.05, 0) is 70.4 Å². The number of fused-ring (bicyclic) bond motifs is 1. The summed E-state index contributed by atoms with van der Waals surface area (Å²) < 4.78 is 2.26. The number of H-pyrrole nitrogens is 1. The molecule has 0 spiro atoms. The van der Waals surface area contributed by atoms with Crippen molar-refractivity contribution < 1.29 is 5.11 Å². The molecule has 4 aromatic rings. The van der Waals surface area contributed by atoms with Crippen molar-refractivity contribution in [1.82, 2.24) is 30.3 Å². The molecule has 168 valence electrons. The normalized spacial score (nSPS) is 17.9. The number of aromatic hydroxyl groups is 1. The third-order valence-corrected chi connectivity index (χ3v) is 6.13. The van der Waals surface area contributed by atoms with Crippen molar-refractivity contribution in [2.75, 3.05) is 0 Å². The van der Waals surface area contributed by atoms with Crippen molar-refractivity contribution in [2.45, 2.75) is 57.7 Å². The Morgan fingerprint density at radius 2 is 1.75 bits per heavy atom. The minimum atomic E-state index is 0. The number of nitrogens with zero attached hydrogens (tertiary/aromatic N) is 4. The molecule has 0 radical (unpaired) electrons. The lowest BCUT2D eigenvalue weighted by atomic mass is 9.79. The first kappa shape index (κ1) is 22.3. The zero-order valence-electron chi connectivity index (χ0n) is 18.8. The number of phenols is 1. The number of rotatable bonds is 3. The molecule has 7 nitrogen and oxygen atoms in total. The zero-order chi connectivity index (χ0) is 21.8. The van der Waals surface area contributed by atoms with Crippen molar-refractivity contribution in [2.24, 2.45) is 0 Å². The summed E-state index contributed by atoms with van der Waals surface area (Å²) in [4.78, 5) is 0. The van der Waals surface area contributed by atoms with Crippen LogP contribution in [0, 0.1) is 0 Å². The number of phenolic OH excluding ortho intramolecular Hbond substituents is 1. The van der Waals surface area contributed by atoms with Crippen LogP contribution in [-0.2, 0) is 0 Å². The summed E-state index contributed by atoms with van der Waals surface area (Å²) in [6.07, 6.45) is 7.70. The van der Waals surface area contributed by atoms with Gasteiger partial charge in [0.25, 0.3) is 0 Å². The lowest BCUT2D eigenvalue weighted by Gasteiger charge is -2.47. The minimum Gasteiger partial charge on any atom is -0.507 e. The average Bonchev–Trinajstić information content (AvgIpc) is 3.35. The number of piperidine rings is 1. The second kappa shape index (κ2) is 7.90. The number of hydrogen-bond acceptors (Lipinski definition) is 5. The van der Waals surface area contributed by atoms with Crippen LogP contribution < -0.4 is 5.32 Å². The fourth-order valence-corrected chi connectivity index (χ4v) is 5.18. The summed E-state index contributed by atoms with van der Waals surface area (Å²) in [6.45, 7) is 9.03. The minimum absolute atomic E-state index is 0. The van der Waals surface area contributed by atoms with Gasteiger partial charge in [0, 0.05) is 46.0 Å². The third kappa shape index (κ3) is 4.10. The highest BCUT2D eigenvalue weighted by Crippen LogP contribution is 2.38. The zero-order valence-corrected chi connectivity index (χ0v) is 19.6. The first-order valence-corrected chi connectivity index (χ1v) is 10.7.